The molecular weight excluding hydrogens is 274 g/mol. The van der Waals surface area contributed by atoms with Gasteiger partial charge in [-0.25, -0.2) is 13.1 Å². The number of hydrogen-bond acceptors (Lipinski definition) is 3. The number of rotatable bonds is 5. The van der Waals surface area contributed by atoms with Crippen molar-refractivity contribution in [2.45, 2.75) is 38.0 Å². The van der Waals surface area contributed by atoms with Crippen LogP contribution in [0.25, 0.3) is 0 Å². The van der Waals surface area contributed by atoms with E-state index in [-0.39, 0.29) is 18.4 Å². The Morgan fingerprint density at radius 3 is 2.60 bits per heavy atom. The summed E-state index contributed by atoms with van der Waals surface area (Å²) in [5.41, 5.74) is 1.82. The number of nitrogens with one attached hydrogen (secondary N) is 1. The fourth-order valence-corrected chi connectivity index (χ4v) is 4.34. The summed E-state index contributed by atoms with van der Waals surface area (Å²) in [7, 11) is -3.46. The molecule has 1 aliphatic carbocycles. The molecule has 0 bridgehead atoms. The smallest absolute Gasteiger partial charge is 0.240 e. The molecule has 1 fully saturated rings. The zero-order chi connectivity index (χ0) is 14.8. The van der Waals surface area contributed by atoms with E-state index in [0.29, 0.717) is 11.4 Å². The lowest BCUT2D eigenvalue weighted by atomic mass is 9.97. The topological polar surface area (TPSA) is 66.4 Å². The van der Waals surface area contributed by atoms with Crippen LogP contribution in [-0.2, 0) is 10.0 Å². The van der Waals surface area contributed by atoms with Gasteiger partial charge in [0.25, 0.3) is 0 Å². The van der Waals surface area contributed by atoms with Crippen molar-refractivity contribution in [1.29, 1.82) is 0 Å². The lowest BCUT2D eigenvalue weighted by Gasteiger charge is -2.18. The van der Waals surface area contributed by atoms with Crippen LogP contribution in [-0.4, -0.2) is 26.7 Å². The molecule has 2 atom stereocenters. The third-order valence-electron chi connectivity index (χ3n) is 4.21. The molecule has 20 heavy (non-hydrogen) atoms. The van der Waals surface area contributed by atoms with Crippen molar-refractivity contribution in [1.82, 2.24) is 4.72 Å². The van der Waals surface area contributed by atoms with Gasteiger partial charge in [0.15, 0.2) is 0 Å². The summed E-state index contributed by atoms with van der Waals surface area (Å²) < 4.78 is 27.4. The number of benzene rings is 1. The molecule has 1 aromatic rings. The molecule has 0 aromatic heterocycles. The van der Waals surface area contributed by atoms with E-state index in [4.69, 9.17) is 0 Å². The summed E-state index contributed by atoms with van der Waals surface area (Å²) >= 11 is 0. The van der Waals surface area contributed by atoms with Crippen LogP contribution in [0, 0.1) is 25.7 Å². The number of aryl methyl sites for hydroxylation is 2. The van der Waals surface area contributed by atoms with Gasteiger partial charge in [-0.15, -0.1) is 0 Å². The Bertz CT molecular complexity index is 568. The number of sulfonamides is 1. The van der Waals surface area contributed by atoms with Gasteiger partial charge in [-0.1, -0.05) is 24.1 Å². The van der Waals surface area contributed by atoms with Crippen molar-refractivity contribution in [3.63, 3.8) is 0 Å². The SMILES string of the molecule is Cc1ccc(S(=O)(=O)NCC2CCCC2CO)c(C)c1. The molecule has 5 heteroatoms. The average molecular weight is 297 g/mol. The van der Waals surface area contributed by atoms with Crippen molar-refractivity contribution in [2.24, 2.45) is 11.8 Å². The second-order valence-electron chi connectivity index (χ2n) is 5.75. The molecule has 0 saturated heterocycles. The minimum absolute atomic E-state index is 0.149. The summed E-state index contributed by atoms with van der Waals surface area (Å²) in [5, 5.41) is 9.28. The van der Waals surface area contributed by atoms with Gasteiger partial charge in [0.1, 0.15) is 0 Å². The zero-order valence-electron chi connectivity index (χ0n) is 12.1. The van der Waals surface area contributed by atoms with Crippen LogP contribution < -0.4 is 4.72 Å². The van der Waals surface area contributed by atoms with E-state index >= 15 is 0 Å². The molecule has 2 N–H and O–H groups in total. The van der Waals surface area contributed by atoms with Gasteiger partial charge in [0, 0.05) is 13.2 Å². The second-order valence-corrected chi connectivity index (χ2v) is 7.49. The minimum Gasteiger partial charge on any atom is -0.396 e. The van der Waals surface area contributed by atoms with Crippen molar-refractivity contribution >= 4 is 10.0 Å². The van der Waals surface area contributed by atoms with Crippen LogP contribution >= 0.6 is 0 Å². The molecule has 2 unspecified atom stereocenters. The Morgan fingerprint density at radius 1 is 1.25 bits per heavy atom. The van der Waals surface area contributed by atoms with E-state index < -0.39 is 10.0 Å². The van der Waals surface area contributed by atoms with Crippen LogP contribution in [0.1, 0.15) is 30.4 Å². The highest BCUT2D eigenvalue weighted by atomic mass is 32.2. The highest BCUT2D eigenvalue weighted by Crippen LogP contribution is 2.31. The molecule has 0 heterocycles. The highest BCUT2D eigenvalue weighted by Gasteiger charge is 2.28. The van der Waals surface area contributed by atoms with E-state index in [1.165, 1.54) is 0 Å². The third kappa shape index (κ3) is 3.40. The van der Waals surface area contributed by atoms with Gasteiger partial charge in [-0.05, 0) is 50.2 Å². The van der Waals surface area contributed by atoms with E-state index in [1.54, 1.807) is 6.07 Å². The quantitative estimate of drug-likeness (QED) is 0.873. The Balaban J connectivity index is 2.07. The van der Waals surface area contributed by atoms with Gasteiger partial charge >= 0.3 is 0 Å². The molecular formula is C15H23NO3S. The van der Waals surface area contributed by atoms with Crippen LogP contribution in [0.4, 0.5) is 0 Å². The second kappa shape index (κ2) is 6.24. The van der Waals surface area contributed by atoms with Crippen LogP contribution in [0.5, 0.6) is 0 Å². The monoisotopic (exact) mass is 297 g/mol. The van der Waals surface area contributed by atoms with E-state index in [2.05, 4.69) is 4.72 Å². The first-order chi connectivity index (χ1) is 9.44. The maximum Gasteiger partial charge on any atom is 0.240 e. The molecule has 1 aliphatic rings. The molecule has 112 valence electrons. The first-order valence-corrected chi connectivity index (χ1v) is 8.60. The van der Waals surface area contributed by atoms with E-state index in [1.807, 2.05) is 26.0 Å². The van der Waals surface area contributed by atoms with Crippen molar-refractivity contribution < 1.29 is 13.5 Å². The average Bonchev–Trinajstić information content (AvgIpc) is 2.83. The Hall–Kier alpha value is -0.910. The fourth-order valence-electron chi connectivity index (χ4n) is 3.02. The molecule has 1 aromatic carbocycles. The zero-order valence-corrected chi connectivity index (χ0v) is 12.9. The van der Waals surface area contributed by atoms with Gasteiger partial charge < -0.3 is 5.11 Å². The molecule has 0 spiro atoms. The van der Waals surface area contributed by atoms with E-state index in [9.17, 15) is 13.5 Å². The largest absolute Gasteiger partial charge is 0.396 e. The molecule has 1 saturated carbocycles. The Kier molecular flexibility index (Phi) is 4.83. The van der Waals surface area contributed by atoms with Crippen molar-refractivity contribution in [3.05, 3.63) is 29.3 Å². The third-order valence-corrected chi connectivity index (χ3v) is 5.79. The predicted molar refractivity (Wildman–Crippen MR) is 79.0 cm³/mol. The summed E-state index contributed by atoms with van der Waals surface area (Å²) in [6.45, 7) is 4.33. The van der Waals surface area contributed by atoms with Crippen LogP contribution in [0.3, 0.4) is 0 Å². The van der Waals surface area contributed by atoms with Crippen LogP contribution in [0.15, 0.2) is 23.1 Å². The standard InChI is InChI=1S/C15H23NO3S/c1-11-6-7-15(12(2)8-11)20(18,19)16-9-13-4-3-5-14(13)10-17/h6-8,13-14,16-17H,3-5,9-10H2,1-2H3. The van der Waals surface area contributed by atoms with Crippen LogP contribution in [0.2, 0.25) is 0 Å². The number of aliphatic hydroxyl groups excluding tert-OH is 1. The van der Waals surface area contributed by atoms with Gasteiger partial charge in [0.2, 0.25) is 10.0 Å². The lowest BCUT2D eigenvalue weighted by molar-refractivity contribution is 0.195. The first-order valence-electron chi connectivity index (χ1n) is 7.12. The summed E-state index contributed by atoms with van der Waals surface area (Å²) in [4.78, 5) is 0.349. The summed E-state index contributed by atoms with van der Waals surface area (Å²) in [6, 6.07) is 5.35. The first kappa shape index (κ1) is 15.5. The summed E-state index contributed by atoms with van der Waals surface area (Å²) in [6.07, 6.45) is 3.05. The highest BCUT2D eigenvalue weighted by molar-refractivity contribution is 7.89. The van der Waals surface area contributed by atoms with Gasteiger partial charge in [-0.3, -0.25) is 0 Å². The fraction of sp³-hybridized carbons (Fsp3) is 0.600. The number of aliphatic hydroxyl groups is 1. The molecule has 2 rings (SSSR count). The minimum atomic E-state index is -3.46. The van der Waals surface area contributed by atoms with Crippen molar-refractivity contribution in [2.75, 3.05) is 13.2 Å². The number of hydrogen-bond donors (Lipinski definition) is 2. The molecule has 4 nitrogen and oxygen atoms in total. The van der Waals surface area contributed by atoms with Crippen molar-refractivity contribution in [3.8, 4) is 0 Å². The Labute approximate surface area is 121 Å². The summed E-state index contributed by atoms with van der Waals surface area (Å²) in [5.74, 6) is 0.484. The molecule has 0 radical (unpaired) electrons. The maximum absolute atomic E-state index is 12.3. The van der Waals surface area contributed by atoms with Gasteiger partial charge in [-0.2, -0.15) is 0 Å². The molecule has 0 aliphatic heterocycles. The maximum atomic E-state index is 12.3. The Morgan fingerprint density at radius 2 is 1.95 bits per heavy atom. The normalized spacial score (nSPS) is 23.1. The van der Waals surface area contributed by atoms with E-state index in [0.717, 1.165) is 30.4 Å². The molecule has 0 amide bonds. The predicted octanol–water partition coefficient (Wildman–Crippen LogP) is 1.99. The van der Waals surface area contributed by atoms with Gasteiger partial charge in [0.05, 0.1) is 4.90 Å². The lowest BCUT2D eigenvalue weighted by Crippen LogP contribution is -2.32.